The molecular weight excluding hydrogens is 211 g/mol. The summed E-state index contributed by atoms with van der Waals surface area (Å²) in [5.41, 5.74) is 0. The second-order valence-corrected chi connectivity index (χ2v) is 5.64. The molecule has 0 radical (unpaired) electrons. The average molecular weight is 220 g/mol. The fourth-order valence-electron chi connectivity index (χ4n) is 1.08. The first-order valence-electron chi connectivity index (χ1n) is 3.48. The third-order valence-electron chi connectivity index (χ3n) is 1.68. The monoisotopic (exact) mass is 220 g/mol. The van der Waals surface area contributed by atoms with Crippen LogP contribution in [-0.4, -0.2) is 40.6 Å². The zero-order chi connectivity index (χ0) is 10.1. The first-order chi connectivity index (χ1) is 5.96. The lowest BCUT2D eigenvalue weighted by molar-refractivity contribution is 0.448. The molecular formula is C5H9N4O2PS. The van der Waals surface area contributed by atoms with Crippen LogP contribution in [0.5, 0.6) is 0 Å². The van der Waals surface area contributed by atoms with Gasteiger partial charge in [-0.3, -0.25) is 9.24 Å². The minimum atomic E-state index is -3.63. The van der Waals surface area contributed by atoms with Crippen molar-refractivity contribution in [3.63, 3.8) is 0 Å². The third kappa shape index (κ3) is 2.15. The van der Waals surface area contributed by atoms with E-state index in [1.165, 1.54) is 0 Å². The van der Waals surface area contributed by atoms with Gasteiger partial charge in [-0.05, 0) is 0 Å². The molecule has 0 amide bonds. The second-order valence-electron chi connectivity index (χ2n) is 2.57. The van der Waals surface area contributed by atoms with Crippen molar-refractivity contribution in [3.05, 3.63) is 0 Å². The highest BCUT2D eigenvalue weighted by Crippen LogP contribution is 2.51. The van der Waals surface area contributed by atoms with Crippen molar-refractivity contribution in [3.8, 4) is 6.19 Å². The van der Waals surface area contributed by atoms with Gasteiger partial charge in [0.2, 0.25) is 12.2 Å². The molecule has 8 heteroatoms. The fraction of sp³-hybridized carbons (Fsp3) is 0.600. The van der Waals surface area contributed by atoms with Crippen molar-refractivity contribution in [1.29, 1.82) is 5.26 Å². The van der Waals surface area contributed by atoms with Crippen molar-refractivity contribution in [2.45, 2.75) is 0 Å². The Bertz CT molecular complexity index is 319. The van der Waals surface area contributed by atoms with E-state index in [9.17, 15) is 4.57 Å². The van der Waals surface area contributed by atoms with Crippen LogP contribution >= 0.6 is 19.0 Å². The van der Waals surface area contributed by atoms with Gasteiger partial charge in [-0.2, -0.15) is 5.26 Å². The molecule has 1 saturated heterocycles. The van der Waals surface area contributed by atoms with E-state index >= 15 is 0 Å². The highest BCUT2D eigenvalue weighted by Gasteiger charge is 2.34. The van der Waals surface area contributed by atoms with Crippen molar-refractivity contribution < 1.29 is 9.46 Å². The summed E-state index contributed by atoms with van der Waals surface area (Å²) in [7, 11) is 1.69. The first-order valence-corrected chi connectivity index (χ1v) is 6.25. The summed E-state index contributed by atoms with van der Waals surface area (Å²) in [6.07, 6.45) is 1.58. The maximum Gasteiger partial charge on any atom is 0.350 e. The predicted octanol–water partition coefficient (Wildman–Crippen LogP) is 0.101. The van der Waals surface area contributed by atoms with E-state index in [1.807, 2.05) is 0 Å². The fourth-order valence-corrected chi connectivity index (χ4v) is 2.37. The van der Waals surface area contributed by atoms with Gasteiger partial charge in [-0.15, -0.1) is 4.99 Å². The van der Waals surface area contributed by atoms with Crippen LogP contribution in [0.25, 0.3) is 0 Å². The van der Waals surface area contributed by atoms with Gasteiger partial charge in [0.05, 0.1) is 0 Å². The maximum absolute atomic E-state index is 11.2. The Kier molecular flexibility index (Phi) is 2.86. The smallest absolute Gasteiger partial charge is 0.343 e. The lowest BCUT2D eigenvalue weighted by Crippen LogP contribution is -2.27. The van der Waals surface area contributed by atoms with E-state index < -0.39 is 6.72 Å². The van der Waals surface area contributed by atoms with E-state index in [2.05, 4.69) is 17.2 Å². The Labute approximate surface area is 81.1 Å². The van der Waals surface area contributed by atoms with Gasteiger partial charge in [0.1, 0.15) is 0 Å². The molecule has 1 fully saturated rings. The summed E-state index contributed by atoms with van der Waals surface area (Å²) in [6.45, 7) is -2.72. The van der Waals surface area contributed by atoms with Gasteiger partial charge < -0.3 is 9.79 Å². The number of rotatable bonds is 1. The number of hydrogen-bond acceptors (Lipinski definition) is 3. The highest BCUT2D eigenvalue weighted by molar-refractivity contribution is 8.45. The zero-order valence-corrected chi connectivity index (χ0v) is 8.74. The Hall–Kier alpha value is -0.700. The Morgan fingerprint density at radius 1 is 1.77 bits per heavy atom. The summed E-state index contributed by atoms with van der Waals surface area (Å²) in [5.74, 6) is 0.198. The van der Waals surface area contributed by atoms with Crippen LogP contribution in [0.4, 0.5) is 0 Å². The van der Waals surface area contributed by atoms with Crippen LogP contribution in [0.15, 0.2) is 4.99 Å². The van der Waals surface area contributed by atoms with Crippen LogP contribution in [-0.2, 0) is 4.57 Å². The van der Waals surface area contributed by atoms with Gasteiger partial charge in [0.25, 0.3) is 0 Å². The maximum atomic E-state index is 11.2. The molecule has 0 aliphatic carbocycles. The molecule has 1 unspecified atom stereocenters. The molecule has 1 aliphatic heterocycles. The normalized spacial score (nSPS) is 24.6. The van der Waals surface area contributed by atoms with E-state index in [0.29, 0.717) is 13.1 Å². The molecule has 0 aromatic carbocycles. The topological polar surface area (TPSA) is 79.9 Å². The van der Waals surface area contributed by atoms with E-state index in [-0.39, 0.29) is 5.96 Å². The molecule has 1 N–H and O–H groups in total. The molecule has 72 valence electrons. The van der Waals surface area contributed by atoms with Crippen molar-refractivity contribution in [1.82, 2.24) is 9.57 Å². The minimum Gasteiger partial charge on any atom is -0.343 e. The molecule has 1 aliphatic rings. The van der Waals surface area contributed by atoms with Gasteiger partial charge in [0, 0.05) is 20.1 Å². The van der Waals surface area contributed by atoms with Crippen molar-refractivity contribution >= 4 is 24.9 Å². The summed E-state index contributed by atoms with van der Waals surface area (Å²) in [5, 5.41) is 8.34. The molecule has 1 rings (SSSR count). The summed E-state index contributed by atoms with van der Waals surface area (Å²) in [6, 6.07) is 0. The number of aliphatic imine (C=N–C) groups is 1. The molecule has 0 aromatic heterocycles. The molecule has 0 saturated carbocycles. The molecule has 13 heavy (non-hydrogen) atoms. The lowest BCUT2D eigenvalue weighted by Gasteiger charge is -2.20. The van der Waals surface area contributed by atoms with Crippen LogP contribution in [0.1, 0.15) is 0 Å². The Balaban J connectivity index is 2.97. The first kappa shape index (κ1) is 10.4. The number of nitrogens with zero attached hydrogens (tertiary/aromatic N) is 4. The third-order valence-corrected chi connectivity index (χ3v) is 3.34. The molecule has 1 heterocycles. The summed E-state index contributed by atoms with van der Waals surface area (Å²) >= 11 is 3.56. The van der Waals surface area contributed by atoms with Crippen LogP contribution < -0.4 is 0 Å². The van der Waals surface area contributed by atoms with Gasteiger partial charge in [-0.1, -0.05) is 12.2 Å². The minimum absolute atomic E-state index is 0.198. The Morgan fingerprint density at radius 3 is 2.85 bits per heavy atom. The number of hydrogen-bond donors (Lipinski definition) is 2. The largest absolute Gasteiger partial charge is 0.350 e. The van der Waals surface area contributed by atoms with Gasteiger partial charge in [0.15, 0.2) is 0 Å². The van der Waals surface area contributed by atoms with E-state index in [4.69, 9.17) is 10.2 Å². The van der Waals surface area contributed by atoms with Crippen LogP contribution in [0, 0.1) is 11.5 Å². The van der Waals surface area contributed by atoms with Gasteiger partial charge in [-0.25, -0.2) is 0 Å². The lowest BCUT2D eigenvalue weighted by atomic mass is 10.7. The van der Waals surface area contributed by atoms with Gasteiger partial charge >= 0.3 is 6.72 Å². The van der Waals surface area contributed by atoms with Crippen LogP contribution in [0.2, 0.25) is 0 Å². The summed E-state index contributed by atoms with van der Waals surface area (Å²) in [4.78, 5) is 14.2. The number of thiol groups is 1. The number of guanidine groups is 1. The highest BCUT2D eigenvalue weighted by atomic mass is 32.7. The summed E-state index contributed by atoms with van der Waals surface area (Å²) < 4.78 is 12.3. The Morgan fingerprint density at radius 2 is 2.38 bits per heavy atom. The van der Waals surface area contributed by atoms with E-state index in [1.54, 1.807) is 18.1 Å². The zero-order valence-electron chi connectivity index (χ0n) is 6.95. The molecule has 6 nitrogen and oxygen atoms in total. The SMILES string of the molecule is CN1CCN(P(=O)(O)S)C1=NC#N. The quantitative estimate of drug-likeness (QED) is 0.372. The number of nitriles is 1. The second kappa shape index (κ2) is 3.58. The van der Waals surface area contributed by atoms with Crippen molar-refractivity contribution in [2.75, 3.05) is 20.1 Å². The predicted molar refractivity (Wildman–Crippen MR) is 51.2 cm³/mol. The number of likely N-dealkylation sites (N-methyl/N-ethyl adjacent to an activating group) is 1. The average Bonchev–Trinajstić information content (AvgIpc) is 2.32. The van der Waals surface area contributed by atoms with E-state index in [0.717, 1.165) is 4.67 Å². The van der Waals surface area contributed by atoms with Crippen molar-refractivity contribution in [2.24, 2.45) is 4.99 Å². The molecule has 0 aromatic rings. The van der Waals surface area contributed by atoms with Crippen LogP contribution in [0.3, 0.4) is 0 Å². The molecule has 0 bridgehead atoms. The standard InChI is InChI=1S/C5H9N4O2PS/c1-8-2-3-9(12(10,11)13)5(8)7-4-6/h2-3H2,1H3,(H2,10,11,13). The molecule has 1 atom stereocenters. The molecule has 0 spiro atoms.